The van der Waals surface area contributed by atoms with E-state index >= 15 is 0 Å². The fourth-order valence-corrected chi connectivity index (χ4v) is 2.57. The third kappa shape index (κ3) is 4.32. The molecule has 4 nitrogen and oxygen atoms in total. The van der Waals surface area contributed by atoms with Crippen LogP contribution in [0.25, 0.3) is 0 Å². The van der Waals surface area contributed by atoms with Crippen LogP contribution in [0.1, 0.15) is 44.8 Å². The molecule has 0 aliphatic carbocycles. The third-order valence-electron chi connectivity index (χ3n) is 4.28. The van der Waals surface area contributed by atoms with Crippen molar-refractivity contribution in [1.82, 2.24) is 20.0 Å². The number of hydrogen-bond donors (Lipinski definition) is 1. The van der Waals surface area contributed by atoms with E-state index in [1.165, 1.54) is 25.9 Å². The van der Waals surface area contributed by atoms with Gasteiger partial charge in [0.2, 0.25) is 0 Å². The van der Waals surface area contributed by atoms with Crippen molar-refractivity contribution >= 4 is 0 Å². The minimum Gasteiger partial charge on any atom is -0.311 e. The molecule has 1 aliphatic heterocycles. The lowest BCUT2D eigenvalue weighted by Crippen LogP contribution is -2.34. The number of nitrogens with one attached hydrogen (secondary N) is 1. The molecule has 0 radical (unpaired) electrons. The molecule has 1 fully saturated rings. The summed E-state index contributed by atoms with van der Waals surface area (Å²) in [4.78, 5) is 2.42. The molecule has 1 aromatic heterocycles. The summed E-state index contributed by atoms with van der Waals surface area (Å²) in [5.41, 5.74) is 1.16. The van der Waals surface area contributed by atoms with Gasteiger partial charge in [-0.3, -0.25) is 4.68 Å². The summed E-state index contributed by atoms with van der Waals surface area (Å²) < 4.78 is 2.08. The smallest absolute Gasteiger partial charge is 0.0762 e. The first kappa shape index (κ1) is 14.5. The van der Waals surface area contributed by atoms with Gasteiger partial charge in [0.1, 0.15) is 0 Å². The van der Waals surface area contributed by atoms with Gasteiger partial charge in [-0.1, -0.05) is 6.92 Å². The second-order valence-corrected chi connectivity index (χ2v) is 5.92. The van der Waals surface area contributed by atoms with Crippen molar-refractivity contribution in [1.29, 1.82) is 0 Å². The Morgan fingerprint density at radius 3 is 2.84 bits per heavy atom. The van der Waals surface area contributed by atoms with Crippen molar-refractivity contribution in [3.8, 4) is 0 Å². The summed E-state index contributed by atoms with van der Waals surface area (Å²) in [6.07, 6.45) is 5.88. The van der Waals surface area contributed by atoms with Crippen molar-refractivity contribution in [2.75, 3.05) is 26.7 Å². The highest BCUT2D eigenvalue weighted by Crippen LogP contribution is 2.15. The first-order valence-electron chi connectivity index (χ1n) is 7.62. The molecule has 1 N–H and O–H groups in total. The summed E-state index contributed by atoms with van der Waals surface area (Å²) in [5, 5.41) is 8.18. The quantitative estimate of drug-likeness (QED) is 0.856. The molecule has 1 aromatic rings. The monoisotopic (exact) mass is 264 g/mol. The van der Waals surface area contributed by atoms with Crippen molar-refractivity contribution in [2.45, 2.75) is 45.7 Å². The molecular weight excluding hydrogens is 236 g/mol. The van der Waals surface area contributed by atoms with Crippen LogP contribution in [0.4, 0.5) is 0 Å². The Morgan fingerprint density at radius 1 is 1.42 bits per heavy atom. The molecule has 1 saturated heterocycles. The molecule has 1 unspecified atom stereocenters. The summed E-state index contributed by atoms with van der Waals surface area (Å²) in [6, 6.07) is 2.64. The van der Waals surface area contributed by atoms with E-state index in [2.05, 4.69) is 53.2 Å². The summed E-state index contributed by atoms with van der Waals surface area (Å²) in [7, 11) is 2.21. The van der Waals surface area contributed by atoms with Crippen LogP contribution < -0.4 is 5.32 Å². The first-order chi connectivity index (χ1) is 9.19. The lowest BCUT2D eigenvalue weighted by molar-refractivity contribution is 0.216. The highest BCUT2D eigenvalue weighted by Gasteiger charge is 2.16. The van der Waals surface area contributed by atoms with Gasteiger partial charge in [-0.15, -0.1) is 0 Å². The normalized spacial score (nSPS) is 19.7. The second-order valence-electron chi connectivity index (χ2n) is 5.92. The van der Waals surface area contributed by atoms with E-state index in [1.54, 1.807) is 0 Å². The van der Waals surface area contributed by atoms with Gasteiger partial charge in [-0.2, -0.15) is 5.10 Å². The van der Waals surface area contributed by atoms with Crippen LogP contribution in [0.3, 0.4) is 0 Å². The minimum atomic E-state index is 0.502. The van der Waals surface area contributed by atoms with Crippen molar-refractivity contribution in [3.05, 3.63) is 18.0 Å². The summed E-state index contributed by atoms with van der Waals surface area (Å²) in [5.74, 6) is 0.841. The molecule has 2 rings (SSSR count). The van der Waals surface area contributed by atoms with Gasteiger partial charge >= 0.3 is 0 Å². The van der Waals surface area contributed by atoms with Crippen LogP contribution in [0.2, 0.25) is 0 Å². The topological polar surface area (TPSA) is 33.1 Å². The number of hydrogen-bond acceptors (Lipinski definition) is 3. The lowest BCUT2D eigenvalue weighted by atomic mass is 9.97. The number of likely N-dealkylation sites (tertiary alicyclic amines) is 1. The molecule has 4 heteroatoms. The Morgan fingerprint density at radius 2 is 2.16 bits per heavy atom. The van der Waals surface area contributed by atoms with Crippen molar-refractivity contribution < 1.29 is 0 Å². The van der Waals surface area contributed by atoms with E-state index in [1.807, 2.05) is 0 Å². The zero-order chi connectivity index (χ0) is 13.7. The fourth-order valence-electron chi connectivity index (χ4n) is 2.57. The standard InChI is InChI=1S/C15H28N4/c1-4-13(2)19-10-7-15(17-19)12-16-11-14-5-8-18(3)9-6-14/h7,10,13-14,16H,4-6,8-9,11-12H2,1-3H3. The van der Waals surface area contributed by atoms with Gasteiger partial charge in [-0.05, 0) is 64.9 Å². The third-order valence-corrected chi connectivity index (χ3v) is 4.28. The molecule has 1 atom stereocenters. The van der Waals surface area contributed by atoms with Crippen LogP contribution in [0, 0.1) is 5.92 Å². The average molecular weight is 264 g/mol. The van der Waals surface area contributed by atoms with Gasteiger partial charge in [-0.25, -0.2) is 0 Å². The first-order valence-corrected chi connectivity index (χ1v) is 7.62. The molecule has 0 bridgehead atoms. The number of rotatable bonds is 6. The molecule has 2 heterocycles. The van der Waals surface area contributed by atoms with E-state index in [0.717, 1.165) is 31.1 Å². The van der Waals surface area contributed by atoms with E-state index in [0.29, 0.717) is 6.04 Å². The van der Waals surface area contributed by atoms with Gasteiger partial charge in [0.15, 0.2) is 0 Å². The summed E-state index contributed by atoms with van der Waals surface area (Å²) >= 11 is 0. The van der Waals surface area contributed by atoms with Crippen LogP contribution in [-0.2, 0) is 6.54 Å². The van der Waals surface area contributed by atoms with Crippen LogP contribution >= 0.6 is 0 Å². The van der Waals surface area contributed by atoms with Crippen LogP contribution in [0.15, 0.2) is 12.3 Å². The van der Waals surface area contributed by atoms with E-state index in [4.69, 9.17) is 0 Å². The summed E-state index contributed by atoms with van der Waals surface area (Å²) in [6.45, 7) is 8.93. The molecule has 0 spiro atoms. The van der Waals surface area contributed by atoms with Crippen molar-refractivity contribution in [2.24, 2.45) is 5.92 Å². The average Bonchev–Trinajstić information content (AvgIpc) is 2.89. The van der Waals surface area contributed by atoms with Gasteiger partial charge < -0.3 is 10.2 Å². The molecule has 1 aliphatic rings. The predicted octanol–water partition coefficient (Wildman–Crippen LogP) is 2.29. The molecule has 19 heavy (non-hydrogen) atoms. The maximum atomic E-state index is 4.62. The van der Waals surface area contributed by atoms with E-state index in [-0.39, 0.29) is 0 Å². The Kier molecular flexibility index (Phi) is 5.40. The molecule has 0 saturated carbocycles. The SMILES string of the molecule is CCC(C)n1ccc(CNCC2CCN(C)CC2)n1. The lowest BCUT2D eigenvalue weighted by Gasteiger charge is -2.28. The predicted molar refractivity (Wildman–Crippen MR) is 79.2 cm³/mol. The molecule has 0 aromatic carbocycles. The Balaban J connectivity index is 1.69. The fraction of sp³-hybridized carbons (Fsp3) is 0.800. The number of aromatic nitrogens is 2. The van der Waals surface area contributed by atoms with Gasteiger partial charge in [0, 0.05) is 18.8 Å². The maximum absolute atomic E-state index is 4.62. The van der Waals surface area contributed by atoms with E-state index in [9.17, 15) is 0 Å². The minimum absolute atomic E-state index is 0.502. The van der Waals surface area contributed by atoms with Gasteiger partial charge in [0.25, 0.3) is 0 Å². The van der Waals surface area contributed by atoms with Gasteiger partial charge in [0.05, 0.1) is 5.69 Å². The van der Waals surface area contributed by atoms with Crippen LogP contribution in [0.5, 0.6) is 0 Å². The molecule has 0 amide bonds. The Hall–Kier alpha value is -0.870. The Labute approximate surface area is 117 Å². The number of piperidine rings is 1. The Bertz CT molecular complexity index is 366. The van der Waals surface area contributed by atoms with E-state index < -0.39 is 0 Å². The number of nitrogens with zero attached hydrogens (tertiary/aromatic N) is 3. The maximum Gasteiger partial charge on any atom is 0.0762 e. The zero-order valence-corrected chi connectivity index (χ0v) is 12.6. The largest absolute Gasteiger partial charge is 0.311 e. The highest BCUT2D eigenvalue weighted by molar-refractivity contribution is 4.99. The highest BCUT2D eigenvalue weighted by atomic mass is 15.3. The van der Waals surface area contributed by atoms with Crippen molar-refractivity contribution in [3.63, 3.8) is 0 Å². The molecule has 108 valence electrons. The zero-order valence-electron chi connectivity index (χ0n) is 12.6. The van der Waals surface area contributed by atoms with Crippen LogP contribution in [-0.4, -0.2) is 41.4 Å². The molecular formula is C15H28N4. The second kappa shape index (κ2) is 7.06.